The largest absolute Gasteiger partial charge is 0.459 e. The number of carbonyl (C=O) groups is 1. The molecule has 0 saturated carbocycles. The van der Waals surface area contributed by atoms with Crippen LogP contribution >= 0.6 is 11.8 Å². The van der Waals surface area contributed by atoms with Crippen LogP contribution in [0.2, 0.25) is 0 Å². The SMILES string of the molecule is CC(C)(C)OC(=O)CSc1ccc(N)c(C(F)(F)F)c1. The zero-order chi connectivity index (χ0) is 15.6. The van der Waals surface area contributed by atoms with E-state index in [-0.39, 0.29) is 11.4 Å². The number of rotatable bonds is 3. The number of nitrogens with two attached hydrogens (primary N) is 1. The quantitative estimate of drug-likeness (QED) is 0.525. The summed E-state index contributed by atoms with van der Waals surface area (Å²) in [6.07, 6.45) is -4.51. The number of hydrogen-bond acceptors (Lipinski definition) is 4. The summed E-state index contributed by atoms with van der Waals surface area (Å²) in [5.74, 6) is -0.536. The van der Waals surface area contributed by atoms with E-state index in [1.807, 2.05) is 0 Å². The average Bonchev–Trinajstić information content (AvgIpc) is 2.24. The number of halogens is 3. The first-order valence-corrected chi connectivity index (χ1v) is 6.79. The lowest BCUT2D eigenvalue weighted by atomic mass is 10.2. The molecule has 0 amide bonds. The Hall–Kier alpha value is -1.37. The molecule has 0 fully saturated rings. The number of ether oxygens (including phenoxy) is 1. The molecule has 0 aromatic heterocycles. The summed E-state index contributed by atoms with van der Waals surface area (Å²) < 4.78 is 43.1. The normalized spacial score (nSPS) is 12.3. The number of benzene rings is 1. The highest BCUT2D eigenvalue weighted by atomic mass is 32.2. The first-order chi connectivity index (χ1) is 8.99. The van der Waals surface area contributed by atoms with Gasteiger partial charge in [-0.15, -0.1) is 11.8 Å². The van der Waals surface area contributed by atoms with Crippen molar-refractivity contribution in [2.24, 2.45) is 0 Å². The fourth-order valence-corrected chi connectivity index (χ4v) is 2.09. The summed E-state index contributed by atoms with van der Waals surface area (Å²) in [4.78, 5) is 11.8. The number of esters is 1. The molecule has 0 aliphatic carbocycles. The predicted octanol–water partition coefficient (Wildman–Crippen LogP) is 3.72. The molecule has 0 unspecified atom stereocenters. The van der Waals surface area contributed by atoms with Crippen molar-refractivity contribution in [3.8, 4) is 0 Å². The van der Waals surface area contributed by atoms with E-state index < -0.39 is 23.3 Å². The van der Waals surface area contributed by atoms with E-state index in [1.54, 1.807) is 20.8 Å². The van der Waals surface area contributed by atoms with E-state index in [2.05, 4.69) is 0 Å². The molecule has 112 valence electrons. The van der Waals surface area contributed by atoms with E-state index in [4.69, 9.17) is 10.5 Å². The van der Waals surface area contributed by atoms with E-state index in [0.29, 0.717) is 4.90 Å². The minimum atomic E-state index is -4.51. The van der Waals surface area contributed by atoms with Gasteiger partial charge in [-0.3, -0.25) is 4.79 Å². The topological polar surface area (TPSA) is 52.3 Å². The van der Waals surface area contributed by atoms with Crippen LogP contribution in [0.4, 0.5) is 18.9 Å². The zero-order valence-electron chi connectivity index (χ0n) is 11.4. The van der Waals surface area contributed by atoms with Crippen molar-refractivity contribution in [3.63, 3.8) is 0 Å². The third kappa shape index (κ3) is 5.32. The lowest BCUT2D eigenvalue weighted by Gasteiger charge is -2.19. The highest BCUT2D eigenvalue weighted by molar-refractivity contribution is 8.00. The summed E-state index contributed by atoms with van der Waals surface area (Å²) >= 11 is 0.978. The third-order valence-electron chi connectivity index (χ3n) is 2.11. The molecular formula is C13H16F3NO2S. The number of thioether (sulfide) groups is 1. The first kappa shape index (κ1) is 16.7. The lowest BCUT2D eigenvalue weighted by Crippen LogP contribution is -2.24. The van der Waals surface area contributed by atoms with Gasteiger partial charge >= 0.3 is 12.1 Å². The van der Waals surface area contributed by atoms with Crippen LogP contribution in [-0.4, -0.2) is 17.3 Å². The van der Waals surface area contributed by atoms with Gasteiger partial charge in [0.25, 0.3) is 0 Å². The van der Waals surface area contributed by atoms with Crippen LogP contribution in [0.1, 0.15) is 26.3 Å². The maximum absolute atomic E-state index is 12.7. The Labute approximate surface area is 119 Å². The monoisotopic (exact) mass is 307 g/mol. The molecule has 0 spiro atoms. The Balaban J connectivity index is 2.73. The van der Waals surface area contributed by atoms with Gasteiger partial charge in [-0.1, -0.05) is 0 Å². The van der Waals surface area contributed by atoms with Crippen molar-refractivity contribution in [1.82, 2.24) is 0 Å². The molecule has 0 atom stereocenters. The second-order valence-electron chi connectivity index (χ2n) is 5.12. The summed E-state index contributed by atoms with van der Waals surface area (Å²) in [7, 11) is 0. The molecule has 20 heavy (non-hydrogen) atoms. The van der Waals surface area contributed by atoms with E-state index in [0.717, 1.165) is 17.8 Å². The van der Waals surface area contributed by atoms with Crippen LogP contribution < -0.4 is 5.73 Å². The number of anilines is 1. The molecule has 7 heteroatoms. The van der Waals surface area contributed by atoms with Crippen molar-refractivity contribution in [3.05, 3.63) is 23.8 Å². The van der Waals surface area contributed by atoms with E-state index >= 15 is 0 Å². The predicted molar refractivity (Wildman–Crippen MR) is 72.4 cm³/mol. The Morgan fingerprint density at radius 2 is 1.90 bits per heavy atom. The highest BCUT2D eigenvalue weighted by Crippen LogP contribution is 2.36. The molecule has 1 rings (SSSR count). The second-order valence-corrected chi connectivity index (χ2v) is 6.17. The molecule has 0 heterocycles. The Morgan fingerprint density at radius 3 is 2.40 bits per heavy atom. The summed E-state index contributed by atoms with van der Waals surface area (Å²) in [5, 5.41) is 0. The number of nitrogen functional groups attached to an aromatic ring is 1. The molecular weight excluding hydrogens is 291 g/mol. The number of carbonyl (C=O) groups excluding carboxylic acids is 1. The average molecular weight is 307 g/mol. The van der Waals surface area contributed by atoms with E-state index in [9.17, 15) is 18.0 Å². The van der Waals surface area contributed by atoms with Crippen molar-refractivity contribution in [2.45, 2.75) is 37.4 Å². The van der Waals surface area contributed by atoms with Crippen molar-refractivity contribution in [1.29, 1.82) is 0 Å². The minimum absolute atomic E-state index is 0.0571. The Morgan fingerprint density at radius 1 is 1.30 bits per heavy atom. The van der Waals surface area contributed by atoms with Crippen LogP contribution in [0.15, 0.2) is 23.1 Å². The fraction of sp³-hybridized carbons (Fsp3) is 0.462. The van der Waals surface area contributed by atoms with Crippen molar-refractivity contribution >= 4 is 23.4 Å². The smallest absolute Gasteiger partial charge is 0.418 e. The maximum atomic E-state index is 12.7. The van der Waals surface area contributed by atoms with Gasteiger partial charge in [0.15, 0.2) is 0 Å². The molecule has 0 saturated heterocycles. The van der Waals surface area contributed by atoms with Gasteiger partial charge in [0.2, 0.25) is 0 Å². The zero-order valence-corrected chi connectivity index (χ0v) is 12.2. The standard InChI is InChI=1S/C13H16F3NO2S/c1-12(2,3)19-11(18)7-20-8-4-5-10(17)9(6-8)13(14,15)16/h4-6H,7,17H2,1-3H3. The van der Waals surface area contributed by atoms with Gasteiger partial charge < -0.3 is 10.5 Å². The van der Waals surface area contributed by atoms with Crippen molar-refractivity contribution in [2.75, 3.05) is 11.5 Å². The lowest BCUT2D eigenvalue weighted by molar-refractivity contribution is -0.151. The molecule has 0 radical (unpaired) electrons. The van der Waals surface area contributed by atoms with Gasteiger partial charge in [0.1, 0.15) is 5.60 Å². The number of alkyl halides is 3. The molecule has 3 nitrogen and oxygen atoms in total. The number of hydrogen-bond donors (Lipinski definition) is 1. The molecule has 0 bridgehead atoms. The fourth-order valence-electron chi connectivity index (χ4n) is 1.38. The van der Waals surface area contributed by atoms with E-state index in [1.165, 1.54) is 12.1 Å². The summed E-state index contributed by atoms with van der Waals surface area (Å²) in [6.45, 7) is 5.17. The van der Waals surface area contributed by atoms with Gasteiger partial charge in [0.05, 0.1) is 11.3 Å². The second kappa shape index (κ2) is 5.95. The molecule has 1 aromatic rings. The van der Waals surface area contributed by atoms with Crippen LogP contribution in [0, 0.1) is 0 Å². The molecule has 1 aromatic carbocycles. The van der Waals surface area contributed by atoms with Gasteiger partial charge in [0, 0.05) is 10.6 Å². The van der Waals surface area contributed by atoms with Gasteiger partial charge in [-0.2, -0.15) is 13.2 Å². The van der Waals surface area contributed by atoms with Crippen LogP contribution in [0.5, 0.6) is 0 Å². The Kier molecular flexibility index (Phi) is 4.96. The first-order valence-electron chi connectivity index (χ1n) is 5.80. The van der Waals surface area contributed by atoms with Crippen LogP contribution in [0.3, 0.4) is 0 Å². The summed E-state index contributed by atoms with van der Waals surface area (Å²) in [5.41, 5.74) is 3.45. The van der Waals surface area contributed by atoms with Gasteiger partial charge in [-0.05, 0) is 39.0 Å². The molecule has 0 aliphatic heterocycles. The van der Waals surface area contributed by atoms with Gasteiger partial charge in [-0.25, -0.2) is 0 Å². The maximum Gasteiger partial charge on any atom is 0.418 e. The minimum Gasteiger partial charge on any atom is -0.459 e. The molecule has 0 aliphatic rings. The van der Waals surface area contributed by atoms with Crippen LogP contribution in [0.25, 0.3) is 0 Å². The van der Waals surface area contributed by atoms with Crippen LogP contribution in [-0.2, 0) is 15.7 Å². The highest BCUT2D eigenvalue weighted by Gasteiger charge is 2.33. The van der Waals surface area contributed by atoms with Crippen molar-refractivity contribution < 1.29 is 22.7 Å². The molecule has 2 N–H and O–H groups in total. The summed E-state index contributed by atoms with van der Waals surface area (Å²) in [6, 6.07) is 3.56. The third-order valence-corrected chi connectivity index (χ3v) is 3.07. The Bertz CT molecular complexity index is 495.